The molecule has 0 aliphatic rings. The second kappa shape index (κ2) is 9.67. The quantitative estimate of drug-likeness (QED) is 0.574. The van der Waals surface area contributed by atoms with Crippen LogP contribution in [0.4, 0.5) is 14.5 Å². The summed E-state index contributed by atoms with van der Waals surface area (Å²) in [7, 11) is 0. The van der Waals surface area contributed by atoms with Crippen LogP contribution in [0.15, 0.2) is 29.2 Å². The number of anilines is 1. The number of carbonyl (C=O) groups is 1. The summed E-state index contributed by atoms with van der Waals surface area (Å²) < 4.78 is 24.6. The van der Waals surface area contributed by atoms with Gasteiger partial charge in [-0.2, -0.15) is 8.78 Å². The van der Waals surface area contributed by atoms with E-state index in [1.165, 1.54) is 0 Å². The monoisotopic (exact) mass is 361 g/mol. The summed E-state index contributed by atoms with van der Waals surface area (Å²) in [6, 6.07) is 6.63. The van der Waals surface area contributed by atoms with Gasteiger partial charge in [-0.15, -0.1) is 0 Å². The SMILES string of the molecule is CCN(CC(=O)NC(C)C)C(=S)Nc1ccc(SC(F)F)cc1. The lowest BCUT2D eigenvalue weighted by Gasteiger charge is -2.24. The van der Waals surface area contributed by atoms with Crippen LogP contribution in [-0.4, -0.2) is 40.8 Å². The van der Waals surface area contributed by atoms with Crippen molar-refractivity contribution < 1.29 is 13.6 Å². The predicted molar refractivity (Wildman–Crippen MR) is 95.0 cm³/mol. The van der Waals surface area contributed by atoms with Crippen LogP contribution in [0.2, 0.25) is 0 Å². The van der Waals surface area contributed by atoms with E-state index in [9.17, 15) is 13.6 Å². The smallest absolute Gasteiger partial charge is 0.288 e. The molecule has 0 atom stereocenters. The van der Waals surface area contributed by atoms with E-state index in [1.807, 2.05) is 20.8 Å². The Bertz CT molecular complexity index is 524. The number of rotatable bonds is 7. The second-order valence-corrected chi connectivity index (χ2v) is 6.52. The molecule has 0 unspecified atom stereocenters. The second-order valence-electron chi connectivity index (χ2n) is 5.07. The van der Waals surface area contributed by atoms with E-state index in [0.717, 1.165) is 0 Å². The molecule has 0 saturated heterocycles. The minimum absolute atomic E-state index is 0.0719. The van der Waals surface area contributed by atoms with E-state index >= 15 is 0 Å². The molecule has 8 heteroatoms. The number of thioether (sulfide) groups is 1. The van der Waals surface area contributed by atoms with Crippen LogP contribution >= 0.6 is 24.0 Å². The maximum Gasteiger partial charge on any atom is 0.288 e. The highest BCUT2D eigenvalue weighted by Gasteiger charge is 2.13. The fourth-order valence-electron chi connectivity index (χ4n) is 1.79. The van der Waals surface area contributed by atoms with Crippen LogP contribution < -0.4 is 10.6 Å². The summed E-state index contributed by atoms with van der Waals surface area (Å²) in [4.78, 5) is 14.0. The van der Waals surface area contributed by atoms with Gasteiger partial charge in [0.05, 0.1) is 6.54 Å². The van der Waals surface area contributed by atoms with Crippen molar-refractivity contribution >= 4 is 40.7 Å². The molecule has 2 N–H and O–H groups in total. The Morgan fingerprint density at radius 1 is 1.30 bits per heavy atom. The number of nitrogens with zero attached hydrogens (tertiary/aromatic N) is 1. The molecule has 1 rings (SSSR count). The van der Waals surface area contributed by atoms with Crippen molar-refractivity contribution in [2.75, 3.05) is 18.4 Å². The summed E-state index contributed by atoms with van der Waals surface area (Å²) in [6.45, 7) is 6.43. The van der Waals surface area contributed by atoms with Crippen molar-refractivity contribution in [2.24, 2.45) is 0 Å². The number of carbonyl (C=O) groups excluding carboxylic acids is 1. The Kier molecular flexibility index (Phi) is 8.25. The Morgan fingerprint density at radius 3 is 2.39 bits per heavy atom. The van der Waals surface area contributed by atoms with Gasteiger partial charge in [0.2, 0.25) is 5.91 Å². The lowest BCUT2D eigenvalue weighted by molar-refractivity contribution is -0.121. The van der Waals surface area contributed by atoms with Crippen molar-refractivity contribution in [1.82, 2.24) is 10.2 Å². The Labute approximate surface area is 145 Å². The topological polar surface area (TPSA) is 44.4 Å². The highest BCUT2D eigenvalue weighted by Crippen LogP contribution is 2.26. The third-order valence-electron chi connectivity index (χ3n) is 2.78. The van der Waals surface area contributed by atoms with Crippen LogP contribution in [0.1, 0.15) is 20.8 Å². The Hall–Kier alpha value is -1.41. The van der Waals surface area contributed by atoms with E-state index in [1.54, 1.807) is 29.2 Å². The van der Waals surface area contributed by atoms with Crippen molar-refractivity contribution in [3.63, 3.8) is 0 Å². The minimum atomic E-state index is -2.44. The molecule has 128 valence electrons. The highest BCUT2D eigenvalue weighted by atomic mass is 32.2. The first-order valence-electron chi connectivity index (χ1n) is 7.22. The molecule has 0 aliphatic carbocycles. The van der Waals surface area contributed by atoms with Crippen molar-refractivity contribution in [3.05, 3.63) is 24.3 Å². The zero-order chi connectivity index (χ0) is 17.4. The van der Waals surface area contributed by atoms with Crippen LogP contribution in [-0.2, 0) is 4.79 Å². The maximum absolute atomic E-state index is 12.3. The zero-order valence-electron chi connectivity index (χ0n) is 13.3. The number of hydrogen-bond acceptors (Lipinski definition) is 3. The number of amides is 1. The van der Waals surface area contributed by atoms with E-state index < -0.39 is 5.76 Å². The number of hydrogen-bond donors (Lipinski definition) is 2. The molecule has 23 heavy (non-hydrogen) atoms. The third-order valence-corrected chi connectivity index (χ3v) is 3.87. The van der Waals surface area contributed by atoms with Crippen LogP contribution in [0.3, 0.4) is 0 Å². The molecule has 1 aromatic carbocycles. The van der Waals surface area contributed by atoms with E-state index in [2.05, 4.69) is 10.6 Å². The largest absolute Gasteiger partial charge is 0.352 e. The number of nitrogens with one attached hydrogen (secondary N) is 2. The van der Waals surface area contributed by atoms with Gasteiger partial charge in [0, 0.05) is 23.2 Å². The average Bonchev–Trinajstić information content (AvgIpc) is 2.45. The van der Waals surface area contributed by atoms with Gasteiger partial charge in [0.15, 0.2) is 5.11 Å². The number of benzene rings is 1. The van der Waals surface area contributed by atoms with Gasteiger partial charge >= 0.3 is 0 Å². The highest BCUT2D eigenvalue weighted by molar-refractivity contribution is 7.99. The molecule has 1 aromatic rings. The van der Waals surface area contributed by atoms with Crippen molar-refractivity contribution in [2.45, 2.75) is 37.5 Å². The van der Waals surface area contributed by atoms with Gasteiger partial charge in [0.25, 0.3) is 5.76 Å². The molecule has 0 bridgehead atoms. The number of thiocarbonyl (C=S) groups is 1. The van der Waals surface area contributed by atoms with Gasteiger partial charge in [0.1, 0.15) is 0 Å². The Morgan fingerprint density at radius 2 is 1.91 bits per heavy atom. The molecule has 0 aliphatic heterocycles. The zero-order valence-corrected chi connectivity index (χ0v) is 14.9. The van der Waals surface area contributed by atoms with E-state index in [4.69, 9.17) is 12.2 Å². The summed E-state index contributed by atoms with van der Waals surface area (Å²) in [5.74, 6) is -2.54. The molecular weight excluding hydrogens is 340 g/mol. The van der Waals surface area contributed by atoms with Gasteiger partial charge in [-0.25, -0.2) is 0 Å². The summed E-state index contributed by atoms with van der Waals surface area (Å²) in [5, 5.41) is 6.24. The molecule has 1 amide bonds. The van der Waals surface area contributed by atoms with Gasteiger partial charge in [-0.1, -0.05) is 11.8 Å². The average molecular weight is 361 g/mol. The van der Waals surface area contributed by atoms with Crippen LogP contribution in [0, 0.1) is 0 Å². The van der Waals surface area contributed by atoms with Gasteiger partial charge < -0.3 is 15.5 Å². The normalized spacial score (nSPS) is 10.7. The summed E-state index contributed by atoms with van der Waals surface area (Å²) >= 11 is 5.79. The molecular formula is C15H21F2N3OS2. The molecule has 0 radical (unpaired) electrons. The number of halogens is 2. The summed E-state index contributed by atoms with van der Waals surface area (Å²) in [6.07, 6.45) is 0. The van der Waals surface area contributed by atoms with E-state index in [-0.39, 0.29) is 18.5 Å². The van der Waals surface area contributed by atoms with Crippen molar-refractivity contribution in [1.29, 1.82) is 0 Å². The molecule has 0 fully saturated rings. The third kappa shape index (κ3) is 7.60. The maximum atomic E-state index is 12.3. The predicted octanol–water partition coefficient (Wildman–Crippen LogP) is 3.54. The molecule has 0 heterocycles. The first-order valence-corrected chi connectivity index (χ1v) is 8.50. The molecule has 0 spiro atoms. The van der Waals surface area contributed by atoms with Gasteiger partial charge in [-0.05, 0) is 57.3 Å². The fourth-order valence-corrected chi connectivity index (χ4v) is 2.60. The minimum Gasteiger partial charge on any atom is -0.352 e. The lowest BCUT2D eigenvalue weighted by atomic mass is 10.3. The summed E-state index contributed by atoms with van der Waals surface area (Å²) in [5.41, 5.74) is 0.691. The molecule has 4 nitrogen and oxygen atoms in total. The van der Waals surface area contributed by atoms with E-state index in [0.29, 0.717) is 34.0 Å². The number of alkyl halides is 2. The van der Waals surface area contributed by atoms with Crippen LogP contribution in [0.25, 0.3) is 0 Å². The lowest BCUT2D eigenvalue weighted by Crippen LogP contribution is -2.44. The fraction of sp³-hybridized carbons (Fsp3) is 0.467. The standard InChI is InChI=1S/C15H21F2N3OS2/c1-4-20(9-13(21)18-10(2)3)15(22)19-11-5-7-12(8-6-11)23-14(16)17/h5-8,10,14H,4,9H2,1-3H3,(H,18,21)(H,19,22). The number of likely N-dealkylation sites (N-methyl/N-ethyl adjacent to an activating group) is 1. The van der Waals surface area contributed by atoms with Crippen LogP contribution in [0.5, 0.6) is 0 Å². The van der Waals surface area contributed by atoms with Crippen molar-refractivity contribution in [3.8, 4) is 0 Å². The molecule has 0 aromatic heterocycles. The first-order chi connectivity index (χ1) is 10.8. The van der Waals surface area contributed by atoms with Gasteiger partial charge in [-0.3, -0.25) is 4.79 Å². The first kappa shape index (κ1) is 19.6. The molecule has 0 saturated carbocycles. The Balaban J connectivity index is 2.60.